The van der Waals surface area contributed by atoms with Crippen LogP contribution in [0.15, 0.2) is 4.79 Å². The zero-order valence-electron chi connectivity index (χ0n) is 13.8. The summed E-state index contributed by atoms with van der Waals surface area (Å²) in [5.41, 5.74) is 1.23. The van der Waals surface area contributed by atoms with Crippen molar-refractivity contribution in [2.24, 2.45) is 5.92 Å². The summed E-state index contributed by atoms with van der Waals surface area (Å²) >= 11 is 1.24. The molecule has 0 aromatic carbocycles. The summed E-state index contributed by atoms with van der Waals surface area (Å²) < 4.78 is 0. The zero-order chi connectivity index (χ0) is 17.0. The summed E-state index contributed by atoms with van der Waals surface area (Å²) in [5, 5.41) is 0.0542. The Hall–Kier alpha value is -1.63. The number of hydrogen-bond donors (Lipinski definition) is 1. The van der Waals surface area contributed by atoms with Crippen LogP contribution in [-0.2, 0) is 16.0 Å². The van der Waals surface area contributed by atoms with Crippen molar-refractivity contribution in [1.82, 2.24) is 9.97 Å². The van der Waals surface area contributed by atoms with Crippen molar-refractivity contribution in [3.63, 3.8) is 0 Å². The number of carbonyl (C=O) groups is 2. The van der Waals surface area contributed by atoms with E-state index in [1.807, 2.05) is 6.92 Å². The molecule has 1 atom stereocenters. The molecule has 1 N–H and O–H groups in total. The average molecular weight is 337 g/mol. The zero-order valence-corrected chi connectivity index (χ0v) is 14.7. The number of aromatic nitrogens is 2. The monoisotopic (exact) mass is 337 g/mol. The van der Waals surface area contributed by atoms with E-state index in [2.05, 4.69) is 16.9 Å². The standard InChI is InChI=1S/C16H23N3O3S/c1-4-5-6-13-10(2)17-16(18-15(13)22)19-8-12(7-14(19)21)9-23-11(3)20/h12H,4-9H2,1-3H3,(H,17,18,22). The van der Waals surface area contributed by atoms with Crippen molar-refractivity contribution in [2.75, 3.05) is 17.2 Å². The van der Waals surface area contributed by atoms with Gasteiger partial charge in [0.2, 0.25) is 11.9 Å². The van der Waals surface area contributed by atoms with Gasteiger partial charge in [0.05, 0.1) is 0 Å². The third-order valence-corrected chi connectivity index (χ3v) is 5.02. The molecule has 1 fully saturated rings. The highest BCUT2D eigenvalue weighted by atomic mass is 32.2. The van der Waals surface area contributed by atoms with Gasteiger partial charge in [0.15, 0.2) is 5.12 Å². The number of carbonyl (C=O) groups excluding carboxylic acids is 2. The topological polar surface area (TPSA) is 83.1 Å². The van der Waals surface area contributed by atoms with Crippen molar-refractivity contribution in [3.8, 4) is 0 Å². The van der Waals surface area contributed by atoms with Crippen LogP contribution >= 0.6 is 11.8 Å². The summed E-state index contributed by atoms with van der Waals surface area (Å²) in [4.78, 5) is 44.2. The van der Waals surface area contributed by atoms with Gasteiger partial charge in [-0.1, -0.05) is 25.1 Å². The van der Waals surface area contributed by atoms with Crippen LogP contribution in [0.2, 0.25) is 0 Å². The molecule has 7 heteroatoms. The molecule has 6 nitrogen and oxygen atoms in total. The van der Waals surface area contributed by atoms with Crippen molar-refractivity contribution in [2.45, 2.75) is 46.5 Å². The van der Waals surface area contributed by atoms with E-state index in [9.17, 15) is 14.4 Å². The molecule has 1 unspecified atom stereocenters. The Balaban J connectivity index is 2.14. The van der Waals surface area contributed by atoms with Gasteiger partial charge >= 0.3 is 0 Å². The molecular weight excluding hydrogens is 314 g/mol. The molecule has 1 saturated heterocycles. The lowest BCUT2D eigenvalue weighted by Crippen LogP contribution is -2.30. The minimum atomic E-state index is -0.157. The maximum absolute atomic E-state index is 12.2. The highest BCUT2D eigenvalue weighted by molar-refractivity contribution is 8.13. The highest BCUT2D eigenvalue weighted by Crippen LogP contribution is 2.25. The number of hydrogen-bond acceptors (Lipinski definition) is 5. The predicted octanol–water partition coefficient (Wildman–Crippen LogP) is 2.05. The molecule has 23 heavy (non-hydrogen) atoms. The second kappa shape index (κ2) is 7.77. The van der Waals surface area contributed by atoms with Crippen molar-refractivity contribution in [3.05, 3.63) is 21.6 Å². The lowest BCUT2D eigenvalue weighted by Gasteiger charge is -2.16. The normalized spacial score (nSPS) is 17.8. The number of H-pyrrole nitrogens is 1. The maximum atomic E-state index is 12.2. The van der Waals surface area contributed by atoms with Crippen LogP contribution in [0.3, 0.4) is 0 Å². The Morgan fingerprint density at radius 1 is 1.43 bits per heavy atom. The summed E-state index contributed by atoms with van der Waals surface area (Å²) in [6, 6.07) is 0. The van der Waals surface area contributed by atoms with E-state index in [1.165, 1.54) is 23.6 Å². The largest absolute Gasteiger partial charge is 0.292 e. The van der Waals surface area contributed by atoms with Gasteiger partial charge in [-0.3, -0.25) is 24.3 Å². The molecule has 0 bridgehead atoms. The SMILES string of the molecule is CCCCc1c(C)nc(N2CC(CSC(C)=O)CC2=O)[nH]c1=O. The predicted molar refractivity (Wildman–Crippen MR) is 91.8 cm³/mol. The molecule has 0 aliphatic carbocycles. The molecule has 1 aromatic rings. The molecule has 126 valence electrons. The number of amides is 1. The summed E-state index contributed by atoms with van der Waals surface area (Å²) in [7, 11) is 0. The Bertz CT molecular complexity index is 656. The molecule has 1 amide bonds. The number of rotatable bonds is 6. The van der Waals surface area contributed by atoms with E-state index in [4.69, 9.17) is 0 Å². The van der Waals surface area contributed by atoms with Crippen LogP contribution in [0.4, 0.5) is 5.95 Å². The molecule has 0 saturated carbocycles. The third kappa shape index (κ3) is 4.43. The first-order valence-electron chi connectivity index (χ1n) is 7.95. The Morgan fingerprint density at radius 2 is 2.17 bits per heavy atom. The van der Waals surface area contributed by atoms with Crippen LogP contribution in [0.25, 0.3) is 0 Å². The summed E-state index contributed by atoms with van der Waals surface area (Å²) in [5.74, 6) is 1.01. The maximum Gasteiger partial charge on any atom is 0.255 e. The molecule has 2 rings (SSSR count). The second-order valence-corrected chi connectivity index (χ2v) is 7.13. The molecule has 2 heterocycles. The molecular formula is C16H23N3O3S. The van der Waals surface area contributed by atoms with Gasteiger partial charge in [0, 0.05) is 36.9 Å². The van der Waals surface area contributed by atoms with E-state index >= 15 is 0 Å². The number of nitrogens with zero attached hydrogens (tertiary/aromatic N) is 2. The van der Waals surface area contributed by atoms with Crippen LogP contribution in [0, 0.1) is 12.8 Å². The van der Waals surface area contributed by atoms with Gasteiger partial charge in [0.25, 0.3) is 5.56 Å². The molecule has 0 radical (unpaired) electrons. The fraction of sp³-hybridized carbons (Fsp3) is 0.625. The van der Waals surface area contributed by atoms with Crippen molar-refractivity contribution >= 4 is 28.7 Å². The van der Waals surface area contributed by atoms with Crippen LogP contribution in [0.5, 0.6) is 0 Å². The Morgan fingerprint density at radius 3 is 2.78 bits per heavy atom. The minimum Gasteiger partial charge on any atom is -0.292 e. The molecule has 1 aliphatic rings. The van der Waals surface area contributed by atoms with Gasteiger partial charge in [-0.05, 0) is 25.7 Å². The number of aryl methyl sites for hydroxylation is 1. The second-order valence-electron chi connectivity index (χ2n) is 5.93. The van der Waals surface area contributed by atoms with Gasteiger partial charge in [-0.15, -0.1) is 0 Å². The third-order valence-electron chi connectivity index (χ3n) is 3.97. The van der Waals surface area contributed by atoms with Crippen molar-refractivity contribution in [1.29, 1.82) is 0 Å². The van der Waals surface area contributed by atoms with E-state index in [-0.39, 0.29) is 22.5 Å². The van der Waals surface area contributed by atoms with Gasteiger partial charge in [-0.2, -0.15) is 0 Å². The number of nitrogens with one attached hydrogen (secondary N) is 1. The van der Waals surface area contributed by atoms with Crippen molar-refractivity contribution < 1.29 is 9.59 Å². The number of anilines is 1. The Kier molecular flexibility index (Phi) is 5.98. The highest BCUT2D eigenvalue weighted by Gasteiger charge is 2.32. The van der Waals surface area contributed by atoms with E-state index in [1.54, 1.807) is 0 Å². The first kappa shape index (κ1) is 17.7. The van der Waals surface area contributed by atoms with Crippen LogP contribution < -0.4 is 10.5 Å². The molecule has 1 aromatic heterocycles. The van der Waals surface area contributed by atoms with Crippen LogP contribution in [-0.4, -0.2) is 33.3 Å². The Labute approximate surface area is 140 Å². The first-order valence-corrected chi connectivity index (χ1v) is 8.94. The minimum absolute atomic E-state index is 0.0528. The summed E-state index contributed by atoms with van der Waals surface area (Å²) in [6.45, 7) is 5.91. The molecule has 0 spiro atoms. The van der Waals surface area contributed by atoms with E-state index < -0.39 is 0 Å². The van der Waals surface area contributed by atoms with Gasteiger partial charge in [0.1, 0.15) is 0 Å². The fourth-order valence-corrected chi connectivity index (χ4v) is 3.40. The van der Waals surface area contributed by atoms with E-state index in [0.717, 1.165) is 12.8 Å². The van der Waals surface area contributed by atoms with Gasteiger partial charge in [-0.25, -0.2) is 4.98 Å². The summed E-state index contributed by atoms with van der Waals surface area (Å²) in [6.07, 6.45) is 3.05. The molecule has 1 aliphatic heterocycles. The quantitative estimate of drug-likeness (QED) is 0.859. The van der Waals surface area contributed by atoms with E-state index in [0.29, 0.717) is 42.3 Å². The fourth-order valence-electron chi connectivity index (χ4n) is 2.70. The number of thioether (sulfide) groups is 1. The smallest absolute Gasteiger partial charge is 0.255 e. The van der Waals surface area contributed by atoms with Crippen LogP contribution in [0.1, 0.15) is 44.4 Å². The lowest BCUT2D eigenvalue weighted by atomic mass is 10.1. The number of unbranched alkanes of at least 4 members (excludes halogenated alkanes) is 1. The number of aromatic amines is 1. The van der Waals surface area contributed by atoms with Gasteiger partial charge < -0.3 is 0 Å². The average Bonchev–Trinajstić information content (AvgIpc) is 2.85. The lowest BCUT2D eigenvalue weighted by molar-refractivity contribution is -0.117. The first-order chi connectivity index (χ1) is 10.9.